The van der Waals surface area contributed by atoms with Crippen molar-refractivity contribution in [3.8, 4) is 0 Å². The number of benzene rings is 1. The zero-order valence-corrected chi connectivity index (χ0v) is 15.6. The van der Waals surface area contributed by atoms with Crippen molar-refractivity contribution in [3.05, 3.63) is 29.8 Å². The van der Waals surface area contributed by atoms with E-state index in [1.807, 2.05) is 0 Å². The standard InChI is InChI=1S/C19H28N2O3S/c1-25(23,24)16-10-6-7-14(13-16)19(22)21-18-12-11-17(18)20-15-8-4-2-3-5-9-15/h6-7,10,13,15,17-18,20H,2-5,8-9,11-12H2,1H3,(H,21,22)/t17-,18+/m1/s1. The predicted octanol–water partition coefficient (Wildman–Crippen LogP) is 2.66. The summed E-state index contributed by atoms with van der Waals surface area (Å²) in [6.07, 6.45) is 10.9. The van der Waals surface area contributed by atoms with Gasteiger partial charge in [0, 0.05) is 29.9 Å². The first-order chi connectivity index (χ1) is 11.9. The lowest BCUT2D eigenvalue weighted by Gasteiger charge is -2.40. The summed E-state index contributed by atoms with van der Waals surface area (Å²) in [6.45, 7) is 0. The Morgan fingerprint density at radius 1 is 1.00 bits per heavy atom. The number of nitrogens with one attached hydrogen (secondary N) is 2. The number of amides is 1. The monoisotopic (exact) mass is 364 g/mol. The lowest BCUT2D eigenvalue weighted by Crippen LogP contribution is -2.58. The van der Waals surface area contributed by atoms with Crippen molar-refractivity contribution < 1.29 is 13.2 Å². The Balaban J connectivity index is 1.57. The van der Waals surface area contributed by atoms with Gasteiger partial charge in [0.1, 0.15) is 0 Å². The molecule has 0 unspecified atom stereocenters. The van der Waals surface area contributed by atoms with Gasteiger partial charge in [-0.15, -0.1) is 0 Å². The number of rotatable bonds is 5. The Morgan fingerprint density at radius 2 is 1.68 bits per heavy atom. The van der Waals surface area contributed by atoms with Crippen LogP contribution in [0.5, 0.6) is 0 Å². The molecule has 0 radical (unpaired) electrons. The Morgan fingerprint density at radius 3 is 2.28 bits per heavy atom. The minimum absolute atomic E-state index is 0.137. The second-order valence-corrected chi connectivity index (χ2v) is 9.43. The average molecular weight is 365 g/mol. The molecule has 6 heteroatoms. The number of hydrogen-bond acceptors (Lipinski definition) is 4. The van der Waals surface area contributed by atoms with E-state index in [4.69, 9.17) is 0 Å². The quantitative estimate of drug-likeness (QED) is 0.788. The van der Waals surface area contributed by atoms with E-state index in [1.54, 1.807) is 12.1 Å². The second-order valence-electron chi connectivity index (χ2n) is 7.42. The Labute approximate surface area is 150 Å². The molecule has 0 saturated heterocycles. The zero-order valence-electron chi connectivity index (χ0n) is 14.8. The largest absolute Gasteiger partial charge is 0.348 e. The van der Waals surface area contributed by atoms with E-state index in [1.165, 1.54) is 50.7 Å². The van der Waals surface area contributed by atoms with Crippen LogP contribution in [-0.4, -0.2) is 38.7 Å². The number of hydrogen-bond donors (Lipinski definition) is 2. The summed E-state index contributed by atoms with van der Waals surface area (Å²) >= 11 is 0. The Kier molecular flexibility index (Phi) is 5.79. The first-order valence-electron chi connectivity index (χ1n) is 9.30. The maximum atomic E-state index is 12.5. The molecule has 2 aliphatic carbocycles. The van der Waals surface area contributed by atoms with Gasteiger partial charge in [0.25, 0.3) is 5.91 Å². The molecule has 5 nitrogen and oxygen atoms in total. The average Bonchev–Trinajstić information content (AvgIpc) is 2.84. The van der Waals surface area contributed by atoms with Gasteiger partial charge in [-0.25, -0.2) is 8.42 Å². The fourth-order valence-electron chi connectivity index (χ4n) is 3.74. The second kappa shape index (κ2) is 7.87. The molecule has 2 fully saturated rings. The molecular weight excluding hydrogens is 336 g/mol. The third-order valence-corrected chi connectivity index (χ3v) is 6.53. The molecule has 1 aromatic carbocycles. The van der Waals surface area contributed by atoms with Gasteiger partial charge in [0.2, 0.25) is 0 Å². The number of carbonyl (C=O) groups excluding carboxylic acids is 1. The van der Waals surface area contributed by atoms with Crippen LogP contribution in [0.15, 0.2) is 29.2 Å². The summed E-state index contributed by atoms with van der Waals surface area (Å²) in [5.74, 6) is -0.192. The summed E-state index contributed by atoms with van der Waals surface area (Å²) in [5, 5.41) is 6.80. The Bertz CT molecular complexity index is 709. The molecule has 0 heterocycles. The minimum Gasteiger partial charge on any atom is -0.348 e. The van der Waals surface area contributed by atoms with Gasteiger partial charge >= 0.3 is 0 Å². The number of sulfone groups is 1. The van der Waals surface area contributed by atoms with E-state index in [0.717, 1.165) is 19.1 Å². The molecule has 0 aliphatic heterocycles. The topological polar surface area (TPSA) is 75.3 Å². The fourth-order valence-corrected chi connectivity index (χ4v) is 4.41. The van der Waals surface area contributed by atoms with Crippen molar-refractivity contribution in [3.63, 3.8) is 0 Å². The van der Waals surface area contributed by atoms with Crippen LogP contribution in [0.25, 0.3) is 0 Å². The van der Waals surface area contributed by atoms with Crippen LogP contribution in [0.1, 0.15) is 61.7 Å². The van der Waals surface area contributed by atoms with E-state index in [9.17, 15) is 13.2 Å². The maximum Gasteiger partial charge on any atom is 0.251 e. The summed E-state index contributed by atoms with van der Waals surface area (Å²) in [4.78, 5) is 12.7. The van der Waals surface area contributed by atoms with E-state index in [0.29, 0.717) is 17.6 Å². The van der Waals surface area contributed by atoms with Crippen LogP contribution in [0.4, 0.5) is 0 Å². The van der Waals surface area contributed by atoms with Crippen molar-refractivity contribution in [2.24, 2.45) is 0 Å². The molecule has 2 N–H and O–H groups in total. The zero-order chi connectivity index (χ0) is 17.9. The summed E-state index contributed by atoms with van der Waals surface area (Å²) in [6, 6.07) is 7.30. The molecule has 0 bridgehead atoms. The van der Waals surface area contributed by atoms with Crippen LogP contribution in [0.3, 0.4) is 0 Å². The van der Waals surface area contributed by atoms with Gasteiger partial charge in [-0.05, 0) is 43.9 Å². The fraction of sp³-hybridized carbons (Fsp3) is 0.632. The van der Waals surface area contributed by atoms with Crippen LogP contribution in [0.2, 0.25) is 0 Å². The highest BCUT2D eigenvalue weighted by atomic mass is 32.2. The van der Waals surface area contributed by atoms with E-state index >= 15 is 0 Å². The number of carbonyl (C=O) groups is 1. The maximum absolute atomic E-state index is 12.5. The van der Waals surface area contributed by atoms with Gasteiger partial charge in [-0.2, -0.15) is 0 Å². The molecule has 0 spiro atoms. The molecule has 1 amide bonds. The normalized spacial score (nSPS) is 25.0. The van der Waals surface area contributed by atoms with E-state index < -0.39 is 9.84 Å². The lowest BCUT2D eigenvalue weighted by atomic mass is 9.85. The van der Waals surface area contributed by atoms with Gasteiger partial charge in [-0.3, -0.25) is 4.79 Å². The van der Waals surface area contributed by atoms with Gasteiger partial charge in [0.05, 0.1) is 4.90 Å². The van der Waals surface area contributed by atoms with Gasteiger partial charge in [0.15, 0.2) is 9.84 Å². The summed E-state index contributed by atoms with van der Waals surface area (Å²) in [7, 11) is -3.30. The van der Waals surface area contributed by atoms with Crippen LogP contribution < -0.4 is 10.6 Å². The first-order valence-corrected chi connectivity index (χ1v) is 11.2. The van der Waals surface area contributed by atoms with Crippen LogP contribution >= 0.6 is 0 Å². The van der Waals surface area contributed by atoms with Crippen LogP contribution in [-0.2, 0) is 9.84 Å². The van der Waals surface area contributed by atoms with Crippen molar-refractivity contribution >= 4 is 15.7 Å². The lowest BCUT2D eigenvalue weighted by molar-refractivity contribution is 0.0887. The van der Waals surface area contributed by atoms with Crippen molar-refractivity contribution in [1.82, 2.24) is 10.6 Å². The molecule has 2 aliphatic rings. The minimum atomic E-state index is -3.30. The summed E-state index contributed by atoms with van der Waals surface area (Å²) < 4.78 is 23.3. The highest BCUT2D eigenvalue weighted by molar-refractivity contribution is 7.90. The highest BCUT2D eigenvalue weighted by Gasteiger charge is 2.33. The third-order valence-electron chi connectivity index (χ3n) is 5.42. The molecule has 2 atom stereocenters. The highest BCUT2D eigenvalue weighted by Crippen LogP contribution is 2.25. The molecule has 138 valence electrons. The summed E-state index contributed by atoms with van der Waals surface area (Å²) in [5.41, 5.74) is 0.406. The molecule has 3 rings (SSSR count). The molecular formula is C19H28N2O3S. The predicted molar refractivity (Wildman–Crippen MR) is 98.5 cm³/mol. The molecule has 25 heavy (non-hydrogen) atoms. The Hall–Kier alpha value is -1.40. The molecule has 2 saturated carbocycles. The van der Waals surface area contributed by atoms with Gasteiger partial charge < -0.3 is 10.6 Å². The van der Waals surface area contributed by atoms with E-state index in [-0.39, 0.29) is 16.8 Å². The first kappa shape index (κ1) is 18.4. The van der Waals surface area contributed by atoms with Crippen LogP contribution in [0, 0.1) is 0 Å². The molecule has 0 aromatic heterocycles. The molecule has 1 aromatic rings. The van der Waals surface area contributed by atoms with E-state index in [2.05, 4.69) is 10.6 Å². The van der Waals surface area contributed by atoms with Crippen molar-refractivity contribution in [2.75, 3.05) is 6.26 Å². The smallest absolute Gasteiger partial charge is 0.251 e. The van der Waals surface area contributed by atoms with Crippen molar-refractivity contribution in [2.45, 2.75) is 74.4 Å². The van der Waals surface area contributed by atoms with Crippen molar-refractivity contribution in [1.29, 1.82) is 0 Å². The van der Waals surface area contributed by atoms with Gasteiger partial charge in [-0.1, -0.05) is 31.7 Å². The SMILES string of the molecule is CS(=O)(=O)c1cccc(C(=O)N[C@H]2CC[C@H]2NC2CCCCCC2)c1. The third kappa shape index (κ3) is 4.82.